The van der Waals surface area contributed by atoms with E-state index in [1.807, 2.05) is 0 Å². The van der Waals surface area contributed by atoms with Crippen molar-refractivity contribution in [3.8, 4) is 0 Å². The van der Waals surface area contributed by atoms with Crippen LogP contribution in [0.3, 0.4) is 0 Å². The number of carbonyl (C=O) groups excluding carboxylic acids is 2. The number of nitrogens with zero attached hydrogens (tertiary/aromatic N) is 3. The Bertz CT molecular complexity index is 1280. The number of pyridine rings is 1. The van der Waals surface area contributed by atoms with Gasteiger partial charge < -0.3 is 26.2 Å². The number of para-hydroxylation sites is 2. The van der Waals surface area contributed by atoms with Crippen molar-refractivity contribution in [2.75, 3.05) is 42.5 Å². The van der Waals surface area contributed by atoms with Gasteiger partial charge in [0.25, 0.3) is 5.91 Å². The van der Waals surface area contributed by atoms with E-state index in [0.717, 1.165) is 49.7 Å². The molecule has 2 aromatic carbocycles. The number of carbonyl (C=O) groups is 2. The molecule has 0 unspecified atom stereocenters. The summed E-state index contributed by atoms with van der Waals surface area (Å²) in [4.78, 5) is 34.0. The highest BCUT2D eigenvalue weighted by Crippen LogP contribution is 2.19. The number of nitrogens with one attached hydrogen (secondary N) is 2. The molecule has 3 aromatic rings. The van der Waals surface area contributed by atoms with E-state index in [1.165, 1.54) is 18.9 Å². The van der Waals surface area contributed by atoms with Crippen LogP contribution in [0, 0.1) is 17.6 Å². The molecule has 1 aromatic heterocycles. The van der Waals surface area contributed by atoms with Gasteiger partial charge in [0, 0.05) is 31.0 Å². The van der Waals surface area contributed by atoms with Crippen LogP contribution in [0.15, 0.2) is 60.8 Å². The third-order valence-electron chi connectivity index (χ3n) is 6.88. The number of nitrogen functional groups attached to an aromatic ring is 1. The van der Waals surface area contributed by atoms with Crippen LogP contribution in [-0.4, -0.2) is 52.9 Å². The highest BCUT2D eigenvalue weighted by atomic mass is 19.2. The third kappa shape index (κ3) is 7.97. The molecule has 0 spiro atoms. The molecule has 0 aliphatic carbocycles. The topological polar surface area (TPSA) is 104 Å². The zero-order valence-corrected chi connectivity index (χ0v) is 22.0. The lowest BCUT2D eigenvalue weighted by Crippen LogP contribution is -2.38. The maximum atomic E-state index is 13.7. The van der Waals surface area contributed by atoms with Gasteiger partial charge in [-0.1, -0.05) is 25.1 Å². The summed E-state index contributed by atoms with van der Waals surface area (Å²) in [5, 5.41) is 5.40. The molecule has 1 aliphatic heterocycles. The van der Waals surface area contributed by atoms with E-state index in [0.29, 0.717) is 17.9 Å². The van der Waals surface area contributed by atoms with E-state index < -0.39 is 23.6 Å². The Morgan fingerprint density at radius 3 is 2.51 bits per heavy atom. The van der Waals surface area contributed by atoms with Crippen LogP contribution in [0.25, 0.3) is 0 Å². The Kier molecular flexibility index (Phi) is 9.43. The van der Waals surface area contributed by atoms with Crippen molar-refractivity contribution < 1.29 is 18.4 Å². The van der Waals surface area contributed by atoms with Crippen LogP contribution in [-0.2, 0) is 6.54 Å². The van der Waals surface area contributed by atoms with Crippen LogP contribution >= 0.6 is 0 Å². The summed E-state index contributed by atoms with van der Waals surface area (Å²) in [6, 6.07) is 13.1. The highest BCUT2D eigenvalue weighted by molar-refractivity contribution is 6.04. The molecule has 206 valence electrons. The molecule has 1 aliphatic rings. The zero-order valence-electron chi connectivity index (χ0n) is 22.0. The molecule has 0 saturated carbocycles. The quantitative estimate of drug-likeness (QED) is 0.320. The normalized spacial score (nSPS) is 14.1. The van der Waals surface area contributed by atoms with Crippen molar-refractivity contribution in [2.24, 2.45) is 5.92 Å². The van der Waals surface area contributed by atoms with Crippen molar-refractivity contribution >= 4 is 29.0 Å². The molecule has 0 radical (unpaired) electrons. The van der Waals surface area contributed by atoms with Crippen molar-refractivity contribution in [2.45, 2.75) is 32.7 Å². The van der Waals surface area contributed by atoms with E-state index in [9.17, 15) is 18.4 Å². The smallest absolute Gasteiger partial charge is 0.322 e. The van der Waals surface area contributed by atoms with Gasteiger partial charge in [-0.3, -0.25) is 9.78 Å². The molecule has 39 heavy (non-hydrogen) atoms. The molecule has 10 heteroatoms. The number of hydrogen-bond donors (Lipinski definition) is 3. The lowest BCUT2D eigenvalue weighted by Gasteiger charge is -2.31. The maximum Gasteiger partial charge on any atom is 0.322 e. The second-order valence-electron chi connectivity index (χ2n) is 9.95. The molecule has 2 heterocycles. The molecule has 1 saturated heterocycles. The minimum absolute atomic E-state index is 0.166. The van der Waals surface area contributed by atoms with Gasteiger partial charge in [-0.15, -0.1) is 0 Å². The molecular weight excluding hydrogens is 502 g/mol. The Balaban J connectivity index is 1.41. The fraction of sp³-hybridized carbons (Fsp3) is 0.345. The van der Waals surface area contributed by atoms with Crippen LogP contribution in [0.5, 0.6) is 0 Å². The van der Waals surface area contributed by atoms with Gasteiger partial charge >= 0.3 is 6.03 Å². The van der Waals surface area contributed by atoms with Gasteiger partial charge in [0.2, 0.25) is 0 Å². The fourth-order valence-corrected chi connectivity index (χ4v) is 4.47. The van der Waals surface area contributed by atoms with Crippen LogP contribution in [0.4, 0.5) is 30.6 Å². The number of aromatic nitrogens is 1. The van der Waals surface area contributed by atoms with Gasteiger partial charge in [-0.05, 0) is 80.7 Å². The molecule has 4 N–H and O–H groups in total. The Hall–Kier alpha value is -4.05. The largest absolute Gasteiger partial charge is 0.397 e. The lowest BCUT2D eigenvalue weighted by atomic mass is 9.99. The number of piperidine rings is 1. The first-order valence-electron chi connectivity index (χ1n) is 13.1. The summed E-state index contributed by atoms with van der Waals surface area (Å²) in [7, 11) is 0. The van der Waals surface area contributed by atoms with Crippen LogP contribution in [0.2, 0.25) is 0 Å². The first-order chi connectivity index (χ1) is 18.8. The molecule has 0 atom stereocenters. The number of urea groups is 1. The predicted molar refractivity (Wildman–Crippen MR) is 148 cm³/mol. The number of anilines is 3. The highest BCUT2D eigenvalue weighted by Gasteiger charge is 2.19. The molecule has 4 rings (SSSR count). The number of halogens is 2. The molecule has 1 fully saturated rings. The van der Waals surface area contributed by atoms with E-state index in [1.54, 1.807) is 47.5 Å². The molecule has 0 bridgehead atoms. The van der Waals surface area contributed by atoms with Crippen LogP contribution in [0.1, 0.15) is 42.2 Å². The lowest BCUT2D eigenvalue weighted by molar-refractivity contribution is 0.102. The van der Waals surface area contributed by atoms with Gasteiger partial charge in [0.05, 0.1) is 11.4 Å². The van der Waals surface area contributed by atoms with Crippen molar-refractivity contribution in [3.63, 3.8) is 0 Å². The zero-order chi connectivity index (χ0) is 27.8. The number of likely N-dealkylation sites (tertiary alicyclic amines) is 1. The fourth-order valence-electron chi connectivity index (χ4n) is 4.47. The SMILES string of the molecule is CC1CCN(CCCN(Cc2ccc(C(=O)Nc3ccccc3N)nc2)C(=O)Nc2ccc(F)c(F)c2)CC1. The van der Waals surface area contributed by atoms with Crippen molar-refractivity contribution in [1.82, 2.24) is 14.8 Å². The standard InChI is InChI=1S/C29H34F2N6O2/c1-20-11-15-36(16-12-20)13-4-14-37(29(39)34-22-8-9-23(30)24(31)17-22)19-21-7-10-27(33-18-21)28(38)35-26-6-3-2-5-25(26)32/h2-3,5-10,17-18,20H,4,11-16,19,32H2,1H3,(H,34,39)(H,35,38). The summed E-state index contributed by atoms with van der Waals surface area (Å²) in [6.07, 6.45) is 4.64. The molecular formula is C29H34F2N6O2. The van der Waals surface area contributed by atoms with Crippen molar-refractivity contribution in [3.05, 3.63) is 83.7 Å². The Labute approximate surface area is 227 Å². The molecule has 8 nitrogen and oxygen atoms in total. The Morgan fingerprint density at radius 2 is 1.82 bits per heavy atom. The summed E-state index contributed by atoms with van der Waals surface area (Å²) < 4.78 is 27.0. The number of rotatable bonds is 9. The summed E-state index contributed by atoms with van der Waals surface area (Å²) in [5.74, 6) is -1.68. The monoisotopic (exact) mass is 536 g/mol. The third-order valence-corrected chi connectivity index (χ3v) is 6.88. The van der Waals surface area contributed by atoms with Gasteiger partial charge in [0.1, 0.15) is 5.69 Å². The predicted octanol–water partition coefficient (Wildman–Crippen LogP) is 5.35. The summed E-state index contributed by atoms with van der Waals surface area (Å²) >= 11 is 0. The number of nitrogens with two attached hydrogens (primary N) is 1. The average molecular weight is 537 g/mol. The minimum Gasteiger partial charge on any atom is -0.397 e. The Morgan fingerprint density at radius 1 is 1.05 bits per heavy atom. The minimum atomic E-state index is -1.03. The first kappa shape index (κ1) is 28.0. The average Bonchev–Trinajstić information content (AvgIpc) is 2.93. The number of hydrogen-bond acceptors (Lipinski definition) is 5. The van der Waals surface area contributed by atoms with E-state index in [4.69, 9.17) is 5.73 Å². The first-order valence-corrected chi connectivity index (χ1v) is 13.1. The van der Waals surface area contributed by atoms with Crippen molar-refractivity contribution in [1.29, 1.82) is 0 Å². The van der Waals surface area contributed by atoms with Gasteiger partial charge in [0.15, 0.2) is 11.6 Å². The second-order valence-corrected chi connectivity index (χ2v) is 9.95. The maximum absolute atomic E-state index is 13.7. The van der Waals surface area contributed by atoms with E-state index in [-0.39, 0.29) is 17.9 Å². The van der Waals surface area contributed by atoms with Gasteiger partial charge in [-0.25, -0.2) is 13.6 Å². The van der Waals surface area contributed by atoms with E-state index >= 15 is 0 Å². The number of amides is 3. The van der Waals surface area contributed by atoms with Gasteiger partial charge in [-0.2, -0.15) is 0 Å². The molecule has 3 amide bonds. The summed E-state index contributed by atoms with van der Waals surface area (Å²) in [5.41, 5.74) is 7.94. The number of benzene rings is 2. The van der Waals surface area contributed by atoms with E-state index in [2.05, 4.69) is 27.4 Å². The summed E-state index contributed by atoms with van der Waals surface area (Å²) in [6.45, 7) is 5.90. The second kappa shape index (κ2) is 13.1. The van der Waals surface area contributed by atoms with Crippen LogP contribution < -0.4 is 16.4 Å².